The van der Waals surface area contributed by atoms with Crippen LogP contribution in [0.25, 0.3) is 0 Å². The largest absolute Gasteiger partial charge is 0.381 e. The maximum atomic E-state index is 11.3. The smallest absolute Gasteiger partial charge is 0.275 e. The number of amides is 1. The van der Waals surface area contributed by atoms with Crippen molar-refractivity contribution in [2.75, 3.05) is 5.32 Å². The van der Waals surface area contributed by atoms with E-state index in [4.69, 9.17) is 5.73 Å². The SMILES string of the molecule is NC(=O)c1ccc(CNc2cccc(C#Cc3cccs3)c2)c([N+](=O)[O-])c1. The number of benzene rings is 2. The molecule has 0 radical (unpaired) electrons. The van der Waals surface area contributed by atoms with E-state index in [9.17, 15) is 14.9 Å². The van der Waals surface area contributed by atoms with Crippen molar-refractivity contribution in [3.8, 4) is 11.8 Å². The molecular formula is C20H15N3O3S. The fourth-order valence-electron chi connectivity index (χ4n) is 2.42. The van der Waals surface area contributed by atoms with E-state index in [0.29, 0.717) is 5.56 Å². The molecule has 7 heteroatoms. The Kier molecular flexibility index (Phi) is 5.50. The Morgan fingerprint density at radius 3 is 2.70 bits per heavy atom. The number of carbonyl (C=O) groups is 1. The van der Waals surface area contributed by atoms with Gasteiger partial charge in [0, 0.05) is 35.0 Å². The van der Waals surface area contributed by atoms with Crippen molar-refractivity contribution in [2.24, 2.45) is 5.73 Å². The number of nitrogens with zero attached hydrogens (tertiary/aromatic N) is 1. The molecule has 1 aromatic heterocycles. The average molecular weight is 377 g/mol. The number of hydrogen-bond acceptors (Lipinski definition) is 5. The van der Waals surface area contributed by atoms with Crippen LogP contribution in [0.5, 0.6) is 0 Å². The Labute approximate surface area is 159 Å². The van der Waals surface area contributed by atoms with Crippen LogP contribution in [0.15, 0.2) is 60.0 Å². The first-order valence-electron chi connectivity index (χ1n) is 7.99. The second kappa shape index (κ2) is 8.17. The van der Waals surface area contributed by atoms with Crippen LogP contribution in [0, 0.1) is 22.0 Å². The Balaban J connectivity index is 1.76. The van der Waals surface area contributed by atoms with Crippen LogP contribution in [0.3, 0.4) is 0 Å². The average Bonchev–Trinajstić information content (AvgIpc) is 3.18. The Bertz CT molecular complexity index is 1050. The maximum absolute atomic E-state index is 11.3. The molecule has 0 saturated heterocycles. The summed E-state index contributed by atoms with van der Waals surface area (Å²) in [6.07, 6.45) is 0. The number of hydrogen-bond donors (Lipinski definition) is 2. The van der Waals surface area contributed by atoms with Crippen LogP contribution in [0.1, 0.15) is 26.4 Å². The van der Waals surface area contributed by atoms with E-state index >= 15 is 0 Å². The number of primary amides is 1. The molecule has 0 aliphatic heterocycles. The summed E-state index contributed by atoms with van der Waals surface area (Å²) in [6, 6.07) is 15.6. The van der Waals surface area contributed by atoms with E-state index in [-0.39, 0.29) is 17.8 Å². The second-order valence-corrected chi connectivity index (χ2v) is 6.57. The molecule has 0 aliphatic carbocycles. The summed E-state index contributed by atoms with van der Waals surface area (Å²) in [7, 11) is 0. The summed E-state index contributed by atoms with van der Waals surface area (Å²) in [6.45, 7) is 0.233. The van der Waals surface area contributed by atoms with Crippen molar-refractivity contribution >= 4 is 28.6 Å². The molecule has 0 fully saturated rings. The fourth-order valence-corrected chi connectivity index (χ4v) is 3.00. The number of anilines is 1. The van der Waals surface area contributed by atoms with Gasteiger partial charge in [-0.3, -0.25) is 14.9 Å². The van der Waals surface area contributed by atoms with Crippen molar-refractivity contribution in [3.63, 3.8) is 0 Å². The third-order valence-electron chi connectivity index (χ3n) is 3.76. The summed E-state index contributed by atoms with van der Waals surface area (Å²) in [5, 5.41) is 16.4. The lowest BCUT2D eigenvalue weighted by Crippen LogP contribution is -2.12. The highest BCUT2D eigenvalue weighted by atomic mass is 32.1. The van der Waals surface area contributed by atoms with Crippen LogP contribution in [0.4, 0.5) is 11.4 Å². The van der Waals surface area contributed by atoms with Crippen molar-refractivity contribution < 1.29 is 9.72 Å². The quantitative estimate of drug-likeness (QED) is 0.402. The van der Waals surface area contributed by atoms with Gasteiger partial charge in [0.1, 0.15) is 0 Å². The van der Waals surface area contributed by atoms with Gasteiger partial charge in [-0.2, -0.15) is 0 Å². The molecule has 0 saturated carbocycles. The standard InChI is InChI=1S/C20H15N3O3S/c21-20(24)15-7-8-16(19(12-15)23(25)26)13-22-17-4-1-3-14(11-17)6-9-18-5-2-10-27-18/h1-5,7-8,10-12,22H,13H2,(H2,21,24). The molecule has 1 heterocycles. The lowest BCUT2D eigenvalue weighted by atomic mass is 10.1. The van der Waals surface area contributed by atoms with Gasteiger partial charge in [-0.05, 0) is 41.8 Å². The van der Waals surface area contributed by atoms with Crippen molar-refractivity contribution in [1.82, 2.24) is 0 Å². The number of nitrogens with one attached hydrogen (secondary N) is 1. The van der Waals surface area contributed by atoms with Gasteiger partial charge in [0.2, 0.25) is 5.91 Å². The highest BCUT2D eigenvalue weighted by Crippen LogP contribution is 2.22. The van der Waals surface area contributed by atoms with Crippen LogP contribution in [0.2, 0.25) is 0 Å². The summed E-state index contributed by atoms with van der Waals surface area (Å²) in [4.78, 5) is 23.0. The summed E-state index contributed by atoms with van der Waals surface area (Å²) in [5.41, 5.74) is 7.24. The number of nitro groups is 1. The van der Waals surface area contributed by atoms with Crippen molar-refractivity contribution in [1.29, 1.82) is 0 Å². The summed E-state index contributed by atoms with van der Waals surface area (Å²) >= 11 is 1.58. The minimum atomic E-state index is -0.699. The van der Waals surface area contributed by atoms with Gasteiger partial charge in [-0.15, -0.1) is 11.3 Å². The van der Waals surface area contributed by atoms with Gasteiger partial charge in [0.15, 0.2) is 0 Å². The first-order chi connectivity index (χ1) is 13.0. The summed E-state index contributed by atoms with van der Waals surface area (Å²) in [5.74, 6) is 5.49. The molecule has 0 atom stereocenters. The molecule has 27 heavy (non-hydrogen) atoms. The molecule has 2 aromatic carbocycles. The molecule has 0 bridgehead atoms. The van der Waals surface area contributed by atoms with Crippen LogP contribution >= 0.6 is 11.3 Å². The van der Waals surface area contributed by atoms with E-state index in [2.05, 4.69) is 17.2 Å². The predicted octanol–water partition coefficient (Wildman–Crippen LogP) is 3.77. The van der Waals surface area contributed by atoms with E-state index in [1.807, 2.05) is 41.8 Å². The van der Waals surface area contributed by atoms with E-state index in [0.717, 1.165) is 16.1 Å². The minimum absolute atomic E-state index is 0.108. The van der Waals surface area contributed by atoms with Crippen molar-refractivity contribution in [3.05, 3.63) is 91.7 Å². The highest BCUT2D eigenvalue weighted by molar-refractivity contribution is 7.10. The Morgan fingerprint density at radius 1 is 1.15 bits per heavy atom. The lowest BCUT2D eigenvalue weighted by Gasteiger charge is -2.08. The number of nitro benzene ring substituents is 1. The van der Waals surface area contributed by atoms with E-state index < -0.39 is 10.8 Å². The van der Waals surface area contributed by atoms with Gasteiger partial charge in [0.25, 0.3) is 5.69 Å². The Morgan fingerprint density at radius 2 is 2.00 bits per heavy atom. The molecular weight excluding hydrogens is 362 g/mol. The number of rotatable bonds is 5. The predicted molar refractivity (Wildman–Crippen MR) is 106 cm³/mol. The van der Waals surface area contributed by atoms with Gasteiger partial charge in [-0.25, -0.2) is 0 Å². The first-order valence-corrected chi connectivity index (χ1v) is 8.87. The molecule has 0 aliphatic rings. The van der Waals surface area contributed by atoms with Gasteiger partial charge >= 0.3 is 0 Å². The molecule has 3 aromatic rings. The third kappa shape index (κ3) is 4.71. The van der Waals surface area contributed by atoms with Crippen LogP contribution in [-0.2, 0) is 6.54 Å². The van der Waals surface area contributed by atoms with Gasteiger partial charge in [-0.1, -0.05) is 24.0 Å². The topological polar surface area (TPSA) is 98.3 Å². The van der Waals surface area contributed by atoms with Crippen LogP contribution < -0.4 is 11.1 Å². The normalized spacial score (nSPS) is 9.93. The fraction of sp³-hybridized carbons (Fsp3) is 0.0500. The Hall–Kier alpha value is -3.63. The lowest BCUT2D eigenvalue weighted by molar-refractivity contribution is -0.385. The molecule has 3 N–H and O–H groups in total. The number of carbonyl (C=O) groups excluding carboxylic acids is 1. The van der Waals surface area contributed by atoms with Crippen molar-refractivity contribution in [2.45, 2.75) is 6.54 Å². The third-order valence-corrected chi connectivity index (χ3v) is 4.55. The number of thiophene rings is 1. The van der Waals surface area contributed by atoms with E-state index in [1.54, 1.807) is 11.3 Å². The molecule has 134 valence electrons. The maximum Gasteiger partial charge on any atom is 0.275 e. The highest BCUT2D eigenvalue weighted by Gasteiger charge is 2.16. The zero-order chi connectivity index (χ0) is 19.2. The molecule has 0 spiro atoms. The zero-order valence-corrected chi connectivity index (χ0v) is 15.0. The molecule has 3 rings (SSSR count). The summed E-state index contributed by atoms with van der Waals surface area (Å²) < 4.78 is 0. The van der Waals surface area contributed by atoms with Gasteiger partial charge in [0.05, 0.1) is 9.80 Å². The first kappa shape index (κ1) is 18.2. The zero-order valence-electron chi connectivity index (χ0n) is 14.1. The monoisotopic (exact) mass is 377 g/mol. The second-order valence-electron chi connectivity index (χ2n) is 5.63. The molecule has 1 amide bonds. The van der Waals surface area contributed by atoms with E-state index in [1.165, 1.54) is 18.2 Å². The number of nitrogens with two attached hydrogens (primary N) is 1. The minimum Gasteiger partial charge on any atom is -0.381 e. The molecule has 0 unspecified atom stereocenters. The van der Waals surface area contributed by atoms with Gasteiger partial charge < -0.3 is 11.1 Å². The molecule has 6 nitrogen and oxygen atoms in total. The van der Waals surface area contributed by atoms with Crippen LogP contribution in [-0.4, -0.2) is 10.8 Å².